The van der Waals surface area contributed by atoms with E-state index in [0.717, 1.165) is 16.4 Å². The number of imidazole rings is 1. The number of aromatic nitrogens is 4. The third-order valence-corrected chi connectivity index (χ3v) is 2.52. The zero-order chi connectivity index (χ0) is 11.1. The van der Waals surface area contributed by atoms with E-state index in [1.54, 1.807) is 25.6 Å². The number of carbonyl (C=O) groups is 1. The second kappa shape index (κ2) is 3.06. The molecule has 16 heavy (non-hydrogen) atoms. The van der Waals surface area contributed by atoms with Crippen LogP contribution in [0.15, 0.2) is 18.6 Å². The number of rotatable bonds is 1. The number of amides is 1. The van der Waals surface area contributed by atoms with Crippen LogP contribution in [0, 0.1) is 0 Å². The fourth-order valence-electron chi connectivity index (χ4n) is 1.73. The van der Waals surface area contributed by atoms with Crippen molar-refractivity contribution in [3.8, 4) is 0 Å². The van der Waals surface area contributed by atoms with Crippen molar-refractivity contribution < 1.29 is 4.79 Å². The van der Waals surface area contributed by atoms with Gasteiger partial charge < -0.3 is 15.3 Å². The minimum atomic E-state index is -0.165. The maximum absolute atomic E-state index is 11.5. The predicted molar refractivity (Wildman–Crippen MR) is 59.1 cm³/mol. The molecule has 0 bridgehead atoms. The quantitative estimate of drug-likeness (QED) is 0.561. The number of carbonyl (C=O) groups excluding carboxylic acids is 1. The van der Waals surface area contributed by atoms with Crippen LogP contribution in [-0.4, -0.2) is 32.9 Å². The van der Waals surface area contributed by atoms with Gasteiger partial charge in [-0.15, -0.1) is 0 Å². The Morgan fingerprint density at radius 3 is 3.12 bits per heavy atom. The van der Waals surface area contributed by atoms with Gasteiger partial charge in [-0.25, -0.2) is 9.97 Å². The van der Waals surface area contributed by atoms with Crippen LogP contribution in [0.5, 0.6) is 0 Å². The van der Waals surface area contributed by atoms with E-state index in [9.17, 15) is 4.79 Å². The van der Waals surface area contributed by atoms with Gasteiger partial charge in [0.15, 0.2) is 0 Å². The van der Waals surface area contributed by atoms with Gasteiger partial charge in [-0.05, 0) is 6.07 Å². The van der Waals surface area contributed by atoms with Crippen molar-refractivity contribution in [3.05, 3.63) is 24.3 Å². The summed E-state index contributed by atoms with van der Waals surface area (Å²) in [4.78, 5) is 25.8. The zero-order valence-electron chi connectivity index (χ0n) is 8.53. The Kier molecular flexibility index (Phi) is 1.70. The lowest BCUT2D eigenvalue weighted by Gasteiger charge is -1.92. The Bertz CT molecular complexity index is 681. The van der Waals surface area contributed by atoms with Crippen molar-refractivity contribution in [2.75, 3.05) is 7.05 Å². The Morgan fingerprint density at radius 1 is 1.44 bits per heavy atom. The monoisotopic (exact) mass is 215 g/mol. The van der Waals surface area contributed by atoms with Crippen molar-refractivity contribution >= 4 is 28.0 Å². The molecule has 3 aromatic rings. The second-order valence-corrected chi connectivity index (χ2v) is 3.45. The number of pyridine rings is 1. The molecular formula is C10H9N5O. The van der Waals surface area contributed by atoms with Gasteiger partial charge >= 0.3 is 0 Å². The molecule has 0 aliphatic heterocycles. The van der Waals surface area contributed by atoms with E-state index in [0.29, 0.717) is 11.3 Å². The van der Waals surface area contributed by atoms with Crippen LogP contribution in [-0.2, 0) is 0 Å². The Morgan fingerprint density at radius 2 is 2.31 bits per heavy atom. The third-order valence-electron chi connectivity index (χ3n) is 2.52. The average molecular weight is 215 g/mol. The first-order chi connectivity index (χ1) is 7.79. The van der Waals surface area contributed by atoms with Crippen LogP contribution in [0.2, 0.25) is 0 Å². The van der Waals surface area contributed by atoms with E-state index in [1.807, 2.05) is 0 Å². The molecule has 3 N–H and O–H groups in total. The van der Waals surface area contributed by atoms with Gasteiger partial charge in [0.05, 0.1) is 18.0 Å². The summed E-state index contributed by atoms with van der Waals surface area (Å²) in [5, 5.41) is 3.40. The van der Waals surface area contributed by atoms with E-state index >= 15 is 0 Å². The maximum Gasteiger partial charge on any atom is 0.267 e. The van der Waals surface area contributed by atoms with Crippen LogP contribution < -0.4 is 5.32 Å². The molecule has 1 amide bonds. The summed E-state index contributed by atoms with van der Waals surface area (Å²) < 4.78 is 0. The highest BCUT2D eigenvalue weighted by molar-refractivity contribution is 6.05. The Balaban J connectivity index is 2.34. The van der Waals surface area contributed by atoms with Gasteiger partial charge in [0.1, 0.15) is 16.9 Å². The smallest absolute Gasteiger partial charge is 0.267 e. The van der Waals surface area contributed by atoms with E-state index in [4.69, 9.17) is 0 Å². The Labute approximate surface area is 90.1 Å². The zero-order valence-corrected chi connectivity index (χ0v) is 8.53. The molecule has 0 atom stereocenters. The first kappa shape index (κ1) is 8.90. The van der Waals surface area contributed by atoms with E-state index in [2.05, 4.69) is 25.3 Å². The number of H-pyrrole nitrogens is 2. The normalized spacial score (nSPS) is 11.1. The molecule has 3 aromatic heterocycles. The van der Waals surface area contributed by atoms with Gasteiger partial charge in [0.25, 0.3) is 5.91 Å². The van der Waals surface area contributed by atoms with Crippen molar-refractivity contribution in [1.82, 2.24) is 25.3 Å². The van der Waals surface area contributed by atoms with Crippen LogP contribution in [0.1, 0.15) is 10.5 Å². The topological polar surface area (TPSA) is 86.5 Å². The molecule has 0 aliphatic carbocycles. The minimum absolute atomic E-state index is 0.165. The second-order valence-electron chi connectivity index (χ2n) is 3.45. The van der Waals surface area contributed by atoms with Crippen molar-refractivity contribution in [1.29, 1.82) is 0 Å². The van der Waals surface area contributed by atoms with E-state index in [1.165, 1.54) is 0 Å². The van der Waals surface area contributed by atoms with E-state index in [-0.39, 0.29) is 5.91 Å². The summed E-state index contributed by atoms with van der Waals surface area (Å²) in [6.45, 7) is 0. The molecule has 80 valence electrons. The fourth-order valence-corrected chi connectivity index (χ4v) is 1.73. The lowest BCUT2D eigenvalue weighted by Crippen LogP contribution is -2.17. The first-order valence-electron chi connectivity index (χ1n) is 4.82. The summed E-state index contributed by atoms with van der Waals surface area (Å²) in [6.07, 6.45) is 3.30. The van der Waals surface area contributed by atoms with Crippen molar-refractivity contribution in [2.24, 2.45) is 0 Å². The van der Waals surface area contributed by atoms with Gasteiger partial charge in [-0.1, -0.05) is 0 Å². The molecule has 0 aliphatic rings. The molecule has 3 rings (SSSR count). The van der Waals surface area contributed by atoms with Gasteiger partial charge in [0, 0.05) is 12.4 Å². The molecule has 0 fully saturated rings. The molecule has 6 heteroatoms. The maximum atomic E-state index is 11.5. The van der Waals surface area contributed by atoms with E-state index < -0.39 is 0 Å². The number of nitrogens with one attached hydrogen (secondary N) is 3. The molecule has 0 radical (unpaired) electrons. The minimum Gasteiger partial charge on any atom is -0.354 e. The SMILES string of the molecule is CNC(=O)c1cc2c(ncc3[nH]cnc32)[nH]1. The summed E-state index contributed by atoms with van der Waals surface area (Å²) in [7, 11) is 1.59. The van der Waals surface area contributed by atoms with Gasteiger partial charge in [0.2, 0.25) is 0 Å². The predicted octanol–water partition coefficient (Wildman–Crippen LogP) is 0.799. The standard InChI is InChI=1S/C10H9N5O/c1-11-10(16)6-2-5-8-7(13-4-14-8)3-12-9(5)15-6/h2-4H,1H3,(H,11,16)(H,12,15)(H,13,14). The highest BCUT2D eigenvalue weighted by atomic mass is 16.1. The van der Waals surface area contributed by atoms with Crippen LogP contribution in [0.4, 0.5) is 0 Å². The highest BCUT2D eigenvalue weighted by Gasteiger charge is 2.11. The molecule has 0 saturated heterocycles. The largest absolute Gasteiger partial charge is 0.354 e. The number of hydrogen-bond acceptors (Lipinski definition) is 3. The molecule has 0 aromatic carbocycles. The van der Waals surface area contributed by atoms with Crippen molar-refractivity contribution in [3.63, 3.8) is 0 Å². The molecular weight excluding hydrogens is 206 g/mol. The molecule has 0 spiro atoms. The molecule has 0 saturated carbocycles. The molecule has 3 heterocycles. The summed E-state index contributed by atoms with van der Waals surface area (Å²) in [5.41, 5.74) is 2.82. The lowest BCUT2D eigenvalue weighted by molar-refractivity contribution is 0.0959. The van der Waals surface area contributed by atoms with Crippen LogP contribution in [0.25, 0.3) is 22.1 Å². The number of nitrogens with zero attached hydrogens (tertiary/aromatic N) is 2. The summed E-state index contributed by atoms with van der Waals surface area (Å²) >= 11 is 0. The lowest BCUT2D eigenvalue weighted by atomic mass is 10.3. The third kappa shape index (κ3) is 1.10. The summed E-state index contributed by atoms with van der Waals surface area (Å²) in [5.74, 6) is -0.165. The number of aromatic amines is 2. The van der Waals surface area contributed by atoms with Gasteiger partial charge in [-0.2, -0.15) is 0 Å². The highest BCUT2D eigenvalue weighted by Crippen LogP contribution is 2.21. The average Bonchev–Trinajstić information content (AvgIpc) is 2.92. The van der Waals surface area contributed by atoms with Gasteiger partial charge in [-0.3, -0.25) is 4.79 Å². The first-order valence-corrected chi connectivity index (χ1v) is 4.82. The van der Waals surface area contributed by atoms with Crippen LogP contribution >= 0.6 is 0 Å². The van der Waals surface area contributed by atoms with Crippen molar-refractivity contribution in [2.45, 2.75) is 0 Å². The number of fused-ring (bicyclic) bond motifs is 3. The fraction of sp³-hybridized carbons (Fsp3) is 0.100. The number of hydrogen-bond donors (Lipinski definition) is 3. The molecule has 6 nitrogen and oxygen atoms in total. The Hall–Kier alpha value is -2.37. The summed E-state index contributed by atoms with van der Waals surface area (Å²) in [6, 6.07) is 1.75. The molecule has 0 unspecified atom stereocenters. The van der Waals surface area contributed by atoms with Crippen LogP contribution in [0.3, 0.4) is 0 Å².